The maximum atomic E-state index is 6.11. The molecule has 0 radical (unpaired) electrons. The monoisotopic (exact) mass is 179 g/mol. The fourth-order valence-electron chi connectivity index (χ4n) is 1.72. The molecule has 3 nitrogen and oxygen atoms in total. The molecule has 2 N–H and O–H groups in total. The summed E-state index contributed by atoms with van der Waals surface area (Å²) in [4.78, 5) is 0. The molecule has 1 aliphatic carbocycles. The van der Waals surface area contributed by atoms with Crippen LogP contribution in [0.4, 0.5) is 0 Å². The third kappa shape index (κ3) is 1.61. The van der Waals surface area contributed by atoms with Gasteiger partial charge in [0.15, 0.2) is 0 Å². The van der Waals surface area contributed by atoms with Gasteiger partial charge in [-0.05, 0) is 31.2 Å². The maximum absolute atomic E-state index is 6.11. The van der Waals surface area contributed by atoms with E-state index in [1.54, 1.807) is 0 Å². The van der Waals surface area contributed by atoms with Gasteiger partial charge >= 0.3 is 0 Å². The summed E-state index contributed by atoms with van der Waals surface area (Å²) in [6, 6.07) is 2.35. The van der Waals surface area contributed by atoms with Crippen molar-refractivity contribution in [1.29, 1.82) is 0 Å². The molecule has 13 heavy (non-hydrogen) atoms. The largest absolute Gasteiger partial charge is 0.322 e. The fourth-order valence-corrected chi connectivity index (χ4v) is 1.72. The minimum absolute atomic E-state index is 0.206. The van der Waals surface area contributed by atoms with Crippen molar-refractivity contribution in [3.8, 4) is 0 Å². The van der Waals surface area contributed by atoms with Crippen LogP contribution in [0.15, 0.2) is 6.07 Å². The Bertz CT molecular complexity index is 299. The molecule has 2 rings (SSSR count). The number of aromatic nitrogens is 2. The Kier molecular flexibility index (Phi) is 2.12. The molecule has 1 fully saturated rings. The summed E-state index contributed by atoms with van der Waals surface area (Å²) in [5, 5.41) is 4.40. The van der Waals surface area contributed by atoms with Crippen LogP contribution in [0.1, 0.15) is 37.2 Å². The van der Waals surface area contributed by atoms with E-state index in [4.69, 9.17) is 5.73 Å². The van der Waals surface area contributed by atoms with Crippen LogP contribution in [0.5, 0.6) is 0 Å². The van der Waals surface area contributed by atoms with Gasteiger partial charge in [-0.15, -0.1) is 0 Å². The number of aryl methyl sites for hydroxylation is 2. The normalized spacial score (nSPS) is 19.0. The summed E-state index contributed by atoms with van der Waals surface area (Å²) < 4.78 is 1.93. The molecule has 0 spiro atoms. The van der Waals surface area contributed by atoms with E-state index < -0.39 is 0 Å². The molecule has 1 aromatic rings. The van der Waals surface area contributed by atoms with Gasteiger partial charge in [0.05, 0.1) is 11.4 Å². The van der Waals surface area contributed by atoms with E-state index in [1.807, 2.05) is 11.7 Å². The maximum Gasteiger partial charge on any atom is 0.0625 e. The summed E-state index contributed by atoms with van der Waals surface area (Å²) in [6.45, 7) is 2.12. The van der Waals surface area contributed by atoms with Gasteiger partial charge in [-0.2, -0.15) is 5.10 Å². The zero-order valence-electron chi connectivity index (χ0n) is 8.33. The van der Waals surface area contributed by atoms with Crippen LogP contribution >= 0.6 is 0 Å². The van der Waals surface area contributed by atoms with Gasteiger partial charge in [0.25, 0.3) is 0 Å². The highest BCUT2D eigenvalue weighted by Crippen LogP contribution is 2.39. The molecule has 0 aromatic carbocycles. The van der Waals surface area contributed by atoms with Crippen LogP contribution in [0.3, 0.4) is 0 Å². The Morgan fingerprint density at radius 2 is 2.38 bits per heavy atom. The molecule has 1 saturated carbocycles. The van der Waals surface area contributed by atoms with E-state index in [1.165, 1.54) is 18.5 Å². The molecular formula is C10H17N3. The number of nitrogens with two attached hydrogens (primary N) is 1. The second-order valence-corrected chi connectivity index (χ2v) is 3.90. The lowest BCUT2D eigenvalue weighted by Crippen LogP contribution is -2.16. The van der Waals surface area contributed by atoms with Crippen molar-refractivity contribution in [2.24, 2.45) is 18.7 Å². The SMILES string of the molecule is CCc1cc(C(N)C2CC2)n(C)n1. The Morgan fingerprint density at radius 1 is 1.69 bits per heavy atom. The highest BCUT2D eigenvalue weighted by molar-refractivity contribution is 5.16. The average Bonchev–Trinajstić information content (AvgIpc) is 2.89. The van der Waals surface area contributed by atoms with Crippen LogP contribution in [0.25, 0.3) is 0 Å². The molecule has 72 valence electrons. The average molecular weight is 179 g/mol. The lowest BCUT2D eigenvalue weighted by molar-refractivity contribution is 0.565. The quantitative estimate of drug-likeness (QED) is 0.762. The molecule has 3 heteroatoms. The van der Waals surface area contributed by atoms with E-state index in [2.05, 4.69) is 18.1 Å². The van der Waals surface area contributed by atoms with Crippen molar-refractivity contribution in [2.75, 3.05) is 0 Å². The lowest BCUT2D eigenvalue weighted by Gasteiger charge is -2.09. The van der Waals surface area contributed by atoms with Crippen molar-refractivity contribution in [3.05, 3.63) is 17.5 Å². The summed E-state index contributed by atoms with van der Waals surface area (Å²) >= 11 is 0. The first-order valence-corrected chi connectivity index (χ1v) is 5.00. The molecule has 0 saturated heterocycles. The molecule has 0 amide bonds. The van der Waals surface area contributed by atoms with Gasteiger partial charge in [-0.3, -0.25) is 4.68 Å². The Balaban J connectivity index is 2.22. The van der Waals surface area contributed by atoms with Crippen LogP contribution in [0.2, 0.25) is 0 Å². The van der Waals surface area contributed by atoms with Crippen LogP contribution in [-0.4, -0.2) is 9.78 Å². The summed E-state index contributed by atoms with van der Waals surface area (Å²) in [6.07, 6.45) is 3.56. The van der Waals surface area contributed by atoms with Gasteiger partial charge in [0, 0.05) is 13.1 Å². The fraction of sp³-hybridized carbons (Fsp3) is 0.700. The van der Waals surface area contributed by atoms with E-state index in [0.29, 0.717) is 5.92 Å². The summed E-state index contributed by atoms with van der Waals surface area (Å²) in [5.74, 6) is 0.708. The van der Waals surface area contributed by atoms with Gasteiger partial charge in [-0.1, -0.05) is 6.92 Å². The minimum Gasteiger partial charge on any atom is -0.322 e. The zero-order valence-corrected chi connectivity index (χ0v) is 8.33. The smallest absolute Gasteiger partial charge is 0.0625 e. The number of hydrogen-bond acceptors (Lipinski definition) is 2. The van der Waals surface area contributed by atoms with Crippen molar-refractivity contribution in [2.45, 2.75) is 32.2 Å². The highest BCUT2D eigenvalue weighted by atomic mass is 15.3. The zero-order chi connectivity index (χ0) is 9.42. The molecule has 1 unspecified atom stereocenters. The Morgan fingerprint density at radius 3 is 2.85 bits per heavy atom. The second kappa shape index (κ2) is 3.14. The number of nitrogens with zero attached hydrogens (tertiary/aromatic N) is 2. The third-order valence-corrected chi connectivity index (χ3v) is 2.80. The van der Waals surface area contributed by atoms with Gasteiger partial charge < -0.3 is 5.73 Å². The molecule has 1 aliphatic rings. The third-order valence-electron chi connectivity index (χ3n) is 2.80. The molecule has 1 heterocycles. The van der Waals surface area contributed by atoms with Crippen molar-refractivity contribution in [3.63, 3.8) is 0 Å². The van der Waals surface area contributed by atoms with E-state index in [0.717, 1.165) is 12.1 Å². The molecule has 0 bridgehead atoms. The van der Waals surface area contributed by atoms with Crippen molar-refractivity contribution < 1.29 is 0 Å². The molecule has 0 aliphatic heterocycles. The summed E-state index contributed by atoms with van der Waals surface area (Å²) in [7, 11) is 1.98. The molecule has 1 atom stereocenters. The van der Waals surface area contributed by atoms with Gasteiger partial charge in [0.1, 0.15) is 0 Å². The van der Waals surface area contributed by atoms with E-state index in [-0.39, 0.29) is 6.04 Å². The Labute approximate surface area is 78.9 Å². The Hall–Kier alpha value is -0.830. The second-order valence-electron chi connectivity index (χ2n) is 3.90. The van der Waals surface area contributed by atoms with E-state index in [9.17, 15) is 0 Å². The predicted molar refractivity (Wildman–Crippen MR) is 52.2 cm³/mol. The van der Waals surface area contributed by atoms with E-state index >= 15 is 0 Å². The first-order chi connectivity index (χ1) is 6.22. The topological polar surface area (TPSA) is 43.8 Å². The number of rotatable bonds is 3. The predicted octanol–water partition coefficient (Wildman–Crippen LogP) is 1.39. The van der Waals surface area contributed by atoms with Crippen LogP contribution in [-0.2, 0) is 13.5 Å². The lowest BCUT2D eigenvalue weighted by atomic mass is 10.1. The van der Waals surface area contributed by atoms with Gasteiger partial charge in [-0.25, -0.2) is 0 Å². The standard InChI is InChI=1S/C10H17N3/c1-3-8-6-9(13(2)12-8)10(11)7-4-5-7/h6-7,10H,3-5,11H2,1-2H3. The van der Waals surface area contributed by atoms with Crippen LogP contribution < -0.4 is 5.73 Å². The molecular weight excluding hydrogens is 162 g/mol. The summed E-state index contributed by atoms with van der Waals surface area (Å²) in [5.41, 5.74) is 8.45. The highest BCUT2D eigenvalue weighted by Gasteiger charge is 2.31. The van der Waals surface area contributed by atoms with Crippen molar-refractivity contribution >= 4 is 0 Å². The van der Waals surface area contributed by atoms with Gasteiger partial charge in [0.2, 0.25) is 0 Å². The molecule has 1 aromatic heterocycles. The van der Waals surface area contributed by atoms with Crippen LogP contribution in [0, 0.1) is 5.92 Å². The first kappa shape index (κ1) is 8.75. The first-order valence-electron chi connectivity index (χ1n) is 5.00. The number of hydrogen-bond donors (Lipinski definition) is 1. The van der Waals surface area contributed by atoms with Crippen molar-refractivity contribution in [1.82, 2.24) is 9.78 Å². The minimum atomic E-state index is 0.206.